The first-order valence-corrected chi connectivity index (χ1v) is 5.79. The summed E-state index contributed by atoms with van der Waals surface area (Å²) in [6.07, 6.45) is 0.452. The summed E-state index contributed by atoms with van der Waals surface area (Å²) in [4.78, 5) is 11.6. The molecule has 16 heavy (non-hydrogen) atoms. The van der Waals surface area contributed by atoms with Gasteiger partial charge in [-0.1, -0.05) is 13.0 Å². The SMILES string of the molecule is CC(Cc1cc2c(F)cccc2s1)C(=O)O. The Morgan fingerprint density at radius 3 is 2.94 bits per heavy atom. The number of halogens is 1. The molecule has 1 heterocycles. The molecule has 1 unspecified atom stereocenters. The van der Waals surface area contributed by atoms with Crippen LogP contribution in [0.5, 0.6) is 0 Å². The van der Waals surface area contributed by atoms with Crippen molar-refractivity contribution >= 4 is 27.4 Å². The van der Waals surface area contributed by atoms with Crippen molar-refractivity contribution in [3.05, 3.63) is 35.0 Å². The molecule has 4 heteroatoms. The van der Waals surface area contributed by atoms with Crippen molar-refractivity contribution in [1.82, 2.24) is 0 Å². The van der Waals surface area contributed by atoms with Crippen molar-refractivity contribution in [2.75, 3.05) is 0 Å². The Kier molecular flexibility index (Phi) is 2.92. The van der Waals surface area contributed by atoms with Gasteiger partial charge in [0.05, 0.1) is 5.92 Å². The Balaban J connectivity index is 2.33. The van der Waals surface area contributed by atoms with E-state index < -0.39 is 11.9 Å². The van der Waals surface area contributed by atoms with Crippen molar-refractivity contribution in [3.8, 4) is 0 Å². The fourth-order valence-electron chi connectivity index (χ4n) is 1.57. The van der Waals surface area contributed by atoms with E-state index in [0.717, 1.165) is 9.58 Å². The predicted molar refractivity (Wildman–Crippen MR) is 62.3 cm³/mol. The van der Waals surface area contributed by atoms with E-state index >= 15 is 0 Å². The highest BCUT2D eigenvalue weighted by Crippen LogP contribution is 2.29. The molecule has 84 valence electrons. The van der Waals surface area contributed by atoms with Crippen LogP contribution in [0.1, 0.15) is 11.8 Å². The van der Waals surface area contributed by atoms with Crippen LogP contribution in [0.25, 0.3) is 10.1 Å². The second-order valence-electron chi connectivity index (χ2n) is 3.81. The van der Waals surface area contributed by atoms with E-state index in [1.54, 1.807) is 19.1 Å². The van der Waals surface area contributed by atoms with Gasteiger partial charge in [0.15, 0.2) is 0 Å². The molecule has 0 aliphatic carbocycles. The van der Waals surface area contributed by atoms with Crippen LogP contribution in [0.4, 0.5) is 4.39 Å². The summed E-state index contributed by atoms with van der Waals surface area (Å²) < 4.78 is 14.3. The third-order valence-corrected chi connectivity index (χ3v) is 3.61. The summed E-state index contributed by atoms with van der Waals surface area (Å²) >= 11 is 1.45. The van der Waals surface area contributed by atoms with Gasteiger partial charge in [0.25, 0.3) is 0 Å². The van der Waals surface area contributed by atoms with Gasteiger partial charge in [-0.2, -0.15) is 0 Å². The fraction of sp³-hybridized carbons (Fsp3) is 0.250. The van der Waals surface area contributed by atoms with Crippen LogP contribution in [0.2, 0.25) is 0 Å². The van der Waals surface area contributed by atoms with E-state index in [-0.39, 0.29) is 5.82 Å². The maximum absolute atomic E-state index is 13.4. The summed E-state index contributed by atoms with van der Waals surface area (Å²) in [5.41, 5.74) is 0. The number of hydrogen-bond acceptors (Lipinski definition) is 2. The first kappa shape index (κ1) is 11.1. The molecule has 0 radical (unpaired) electrons. The summed E-state index contributed by atoms with van der Waals surface area (Å²) in [6, 6.07) is 6.67. The van der Waals surface area contributed by atoms with Gasteiger partial charge < -0.3 is 5.11 Å². The van der Waals surface area contributed by atoms with E-state index in [9.17, 15) is 9.18 Å². The fourth-order valence-corrected chi connectivity index (χ4v) is 2.77. The monoisotopic (exact) mass is 238 g/mol. The van der Waals surface area contributed by atoms with Crippen LogP contribution >= 0.6 is 11.3 Å². The Labute approximate surface area is 96.3 Å². The minimum absolute atomic E-state index is 0.247. The first-order chi connectivity index (χ1) is 7.58. The van der Waals surface area contributed by atoms with Gasteiger partial charge >= 0.3 is 5.97 Å². The molecule has 2 nitrogen and oxygen atoms in total. The summed E-state index contributed by atoms with van der Waals surface area (Å²) in [5.74, 6) is -1.50. The molecule has 0 fully saturated rings. The van der Waals surface area contributed by atoms with Gasteiger partial charge in [-0.3, -0.25) is 4.79 Å². The normalized spacial score (nSPS) is 12.9. The predicted octanol–water partition coefficient (Wildman–Crippen LogP) is 3.30. The number of carbonyl (C=O) groups is 1. The van der Waals surface area contributed by atoms with E-state index in [2.05, 4.69) is 0 Å². The lowest BCUT2D eigenvalue weighted by Crippen LogP contribution is -2.11. The molecular formula is C12H11FO2S. The zero-order chi connectivity index (χ0) is 11.7. The Morgan fingerprint density at radius 1 is 1.56 bits per heavy atom. The number of benzene rings is 1. The minimum Gasteiger partial charge on any atom is -0.481 e. The van der Waals surface area contributed by atoms with Gasteiger partial charge in [-0.05, 0) is 24.6 Å². The van der Waals surface area contributed by atoms with Gasteiger partial charge in [0.1, 0.15) is 5.82 Å². The average molecular weight is 238 g/mol. The number of hydrogen-bond donors (Lipinski definition) is 1. The lowest BCUT2D eigenvalue weighted by atomic mass is 10.1. The molecule has 0 aliphatic heterocycles. The summed E-state index contributed by atoms with van der Waals surface area (Å²) in [7, 11) is 0. The van der Waals surface area contributed by atoms with Crippen LogP contribution < -0.4 is 0 Å². The highest BCUT2D eigenvalue weighted by molar-refractivity contribution is 7.19. The van der Waals surface area contributed by atoms with Crippen molar-refractivity contribution in [2.24, 2.45) is 5.92 Å². The second-order valence-corrected chi connectivity index (χ2v) is 4.98. The van der Waals surface area contributed by atoms with Crippen LogP contribution in [0.15, 0.2) is 24.3 Å². The number of carboxylic acids is 1. The zero-order valence-corrected chi connectivity index (χ0v) is 9.55. The average Bonchev–Trinajstić information content (AvgIpc) is 2.61. The topological polar surface area (TPSA) is 37.3 Å². The molecule has 1 atom stereocenters. The molecule has 0 aliphatic rings. The molecule has 0 spiro atoms. The van der Waals surface area contributed by atoms with Crippen molar-refractivity contribution in [3.63, 3.8) is 0 Å². The first-order valence-electron chi connectivity index (χ1n) is 4.97. The van der Waals surface area contributed by atoms with Crippen LogP contribution in [-0.2, 0) is 11.2 Å². The van der Waals surface area contributed by atoms with E-state index in [4.69, 9.17) is 5.11 Å². The quantitative estimate of drug-likeness (QED) is 0.890. The Hall–Kier alpha value is -1.42. The maximum atomic E-state index is 13.4. The standard InChI is InChI=1S/C12H11FO2S/c1-7(12(14)15)5-8-6-9-10(13)3-2-4-11(9)16-8/h2-4,6-7H,5H2,1H3,(H,14,15). The van der Waals surface area contributed by atoms with Crippen LogP contribution in [0.3, 0.4) is 0 Å². The molecule has 2 aromatic rings. The van der Waals surface area contributed by atoms with Crippen LogP contribution in [0, 0.1) is 11.7 Å². The molecule has 0 amide bonds. The van der Waals surface area contributed by atoms with Gasteiger partial charge in [-0.25, -0.2) is 4.39 Å². The molecule has 0 saturated carbocycles. The van der Waals surface area contributed by atoms with Crippen molar-refractivity contribution < 1.29 is 14.3 Å². The second kappa shape index (κ2) is 4.22. The van der Waals surface area contributed by atoms with E-state index in [1.807, 2.05) is 6.07 Å². The number of rotatable bonds is 3. The lowest BCUT2D eigenvalue weighted by molar-refractivity contribution is -0.141. The number of fused-ring (bicyclic) bond motifs is 1. The Bertz CT molecular complexity index is 533. The number of thiophene rings is 1. The maximum Gasteiger partial charge on any atom is 0.306 e. The van der Waals surface area contributed by atoms with Gasteiger partial charge in [-0.15, -0.1) is 11.3 Å². The van der Waals surface area contributed by atoms with Gasteiger partial charge in [0, 0.05) is 15.0 Å². The minimum atomic E-state index is -0.821. The van der Waals surface area contributed by atoms with Crippen molar-refractivity contribution in [2.45, 2.75) is 13.3 Å². The Morgan fingerprint density at radius 2 is 2.31 bits per heavy atom. The smallest absolute Gasteiger partial charge is 0.306 e. The van der Waals surface area contributed by atoms with E-state index in [1.165, 1.54) is 17.4 Å². The molecule has 0 bridgehead atoms. The van der Waals surface area contributed by atoms with Crippen LogP contribution in [-0.4, -0.2) is 11.1 Å². The highest BCUT2D eigenvalue weighted by Gasteiger charge is 2.14. The molecule has 1 N–H and O–H groups in total. The lowest BCUT2D eigenvalue weighted by Gasteiger charge is -2.01. The molecule has 0 saturated heterocycles. The largest absolute Gasteiger partial charge is 0.481 e. The third-order valence-electron chi connectivity index (χ3n) is 2.49. The molecular weight excluding hydrogens is 227 g/mol. The zero-order valence-electron chi connectivity index (χ0n) is 8.74. The molecule has 2 rings (SSSR count). The number of carboxylic acid groups (broad SMARTS) is 1. The van der Waals surface area contributed by atoms with Gasteiger partial charge in [0.2, 0.25) is 0 Å². The van der Waals surface area contributed by atoms with Crippen molar-refractivity contribution in [1.29, 1.82) is 0 Å². The third kappa shape index (κ3) is 2.07. The summed E-state index contributed by atoms with van der Waals surface area (Å²) in [6.45, 7) is 1.66. The molecule has 1 aromatic carbocycles. The highest BCUT2D eigenvalue weighted by atomic mass is 32.1. The molecule has 1 aromatic heterocycles. The van der Waals surface area contributed by atoms with E-state index in [0.29, 0.717) is 11.8 Å². The summed E-state index contributed by atoms with van der Waals surface area (Å²) in [5, 5.41) is 9.39. The number of aliphatic carboxylic acids is 1.